The molecule has 0 aliphatic heterocycles. The molecule has 1 amide bonds. The number of thioether (sulfide) groups is 1. The van der Waals surface area contributed by atoms with E-state index in [1.165, 1.54) is 11.8 Å². The molecule has 1 aromatic carbocycles. The van der Waals surface area contributed by atoms with Gasteiger partial charge < -0.3 is 10.4 Å². The molecule has 4 nitrogen and oxygen atoms in total. The predicted octanol–water partition coefficient (Wildman–Crippen LogP) is 1.92. The number of benzene rings is 1. The molecular formula is C12H15NO3S. The van der Waals surface area contributed by atoms with Crippen molar-refractivity contribution in [3.8, 4) is 0 Å². The van der Waals surface area contributed by atoms with Gasteiger partial charge in [-0.05, 0) is 24.6 Å². The Morgan fingerprint density at radius 1 is 1.41 bits per heavy atom. The van der Waals surface area contributed by atoms with Gasteiger partial charge in [0.05, 0.1) is 5.56 Å². The van der Waals surface area contributed by atoms with Crippen molar-refractivity contribution in [1.82, 2.24) is 5.32 Å². The van der Waals surface area contributed by atoms with E-state index in [0.29, 0.717) is 17.7 Å². The van der Waals surface area contributed by atoms with Crippen LogP contribution in [0.3, 0.4) is 0 Å². The van der Waals surface area contributed by atoms with Crippen LogP contribution in [0.1, 0.15) is 22.3 Å². The minimum Gasteiger partial charge on any atom is -0.478 e. The topological polar surface area (TPSA) is 66.4 Å². The van der Waals surface area contributed by atoms with Gasteiger partial charge in [-0.25, -0.2) is 4.79 Å². The minimum absolute atomic E-state index is 0.0110. The van der Waals surface area contributed by atoms with Gasteiger partial charge in [0, 0.05) is 24.1 Å². The van der Waals surface area contributed by atoms with Crippen molar-refractivity contribution in [2.24, 2.45) is 0 Å². The Labute approximate surface area is 104 Å². The second-order valence-corrected chi connectivity index (χ2v) is 4.72. The van der Waals surface area contributed by atoms with Crippen molar-refractivity contribution in [2.75, 3.05) is 12.8 Å². The lowest BCUT2D eigenvalue weighted by Crippen LogP contribution is -2.17. The van der Waals surface area contributed by atoms with E-state index < -0.39 is 5.97 Å². The molecule has 0 aliphatic rings. The van der Waals surface area contributed by atoms with Crippen LogP contribution in [0.5, 0.6) is 0 Å². The van der Waals surface area contributed by atoms with Crippen LogP contribution in [0, 0.1) is 6.92 Å². The fourth-order valence-electron chi connectivity index (χ4n) is 1.31. The van der Waals surface area contributed by atoms with E-state index >= 15 is 0 Å². The number of hydrogen-bond donors (Lipinski definition) is 2. The number of carboxylic acids is 1. The molecule has 0 fully saturated rings. The third-order valence-electron chi connectivity index (χ3n) is 2.32. The van der Waals surface area contributed by atoms with Gasteiger partial charge in [0.25, 0.3) is 0 Å². The van der Waals surface area contributed by atoms with Gasteiger partial charge in [-0.2, -0.15) is 0 Å². The summed E-state index contributed by atoms with van der Waals surface area (Å²) in [6, 6.07) is 5.30. The molecule has 0 heterocycles. The molecule has 92 valence electrons. The molecule has 17 heavy (non-hydrogen) atoms. The van der Waals surface area contributed by atoms with Crippen LogP contribution in [0.15, 0.2) is 23.1 Å². The maximum absolute atomic E-state index is 11.0. The Kier molecular flexibility index (Phi) is 5.03. The van der Waals surface area contributed by atoms with Crippen molar-refractivity contribution in [2.45, 2.75) is 18.2 Å². The van der Waals surface area contributed by atoms with Crippen LogP contribution in [0.25, 0.3) is 0 Å². The standard InChI is InChI=1S/C12H15NO3S/c1-8-3-4-9(7-10(8)12(15)16)17-6-5-11(14)13-2/h3-4,7H,5-6H2,1-2H3,(H,13,14)(H,15,16). The number of aryl methyl sites for hydroxylation is 1. The Morgan fingerprint density at radius 2 is 2.12 bits per heavy atom. The van der Waals surface area contributed by atoms with Crippen molar-refractivity contribution in [3.05, 3.63) is 29.3 Å². The maximum Gasteiger partial charge on any atom is 0.335 e. The fraction of sp³-hybridized carbons (Fsp3) is 0.333. The number of carboxylic acid groups (broad SMARTS) is 1. The molecule has 0 unspecified atom stereocenters. The molecule has 0 saturated heterocycles. The highest BCUT2D eigenvalue weighted by Crippen LogP contribution is 2.22. The van der Waals surface area contributed by atoms with E-state index in [1.807, 2.05) is 6.07 Å². The highest BCUT2D eigenvalue weighted by Gasteiger charge is 2.08. The number of amides is 1. The van der Waals surface area contributed by atoms with Crippen LogP contribution in [-0.2, 0) is 4.79 Å². The summed E-state index contributed by atoms with van der Waals surface area (Å²) in [5, 5.41) is 11.5. The lowest BCUT2D eigenvalue weighted by molar-refractivity contribution is -0.120. The van der Waals surface area contributed by atoms with Crippen molar-refractivity contribution >= 4 is 23.6 Å². The molecule has 0 atom stereocenters. The normalized spacial score (nSPS) is 10.0. The van der Waals surface area contributed by atoms with E-state index in [9.17, 15) is 9.59 Å². The Balaban J connectivity index is 2.63. The zero-order valence-corrected chi connectivity index (χ0v) is 10.6. The zero-order chi connectivity index (χ0) is 12.8. The number of rotatable bonds is 5. The summed E-state index contributed by atoms with van der Waals surface area (Å²) in [6.07, 6.45) is 0.428. The fourth-order valence-corrected chi connectivity index (χ4v) is 2.20. The molecule has 0 aliphatic carbocycles. The molecule has 2 N–H and O–H groups in total. The van der Waals surface area contributed by atoms with E-state index in [-0.39, 0.29) is 5.91 Å². The van der Waals surface area contributed by atoms with E-state index in [1.54, 1.807) is 26.1 Å². The van der Waals surface area contributed by atoms with Crippen molar-refractivity contribution in [3.63, 3.8) is 0 Å². The van der Waals surface area contributed by atoms with Crippen molar-refractivity contribution < 1.29 is 14.7 Å². The minimum atomic E-state index is -0.920. The van der Waals surface area contributed by atoms with Gasteiger partial charge in [0.15, 0.2) is 0 Å². The number of carbonyl (C=O) groups excluding carboxylic acids is 1. The molecule has 0 spiro atoms. The first-order chi connectivity index (χ1) is 8.04. The summed E-state index contributed by atoms with van der Waals surface area (Å²) in [5.74, 6) is -0.291. The van der Waals surface area contributed by atoms with Crippen LogP contribution in [0.2, 0.25) is 0 Å². The lowest BCUT2D eigenvalue weighted by atomic mass is 10.1. The molecule has 1 aromatic rings. The summed E-state index contributed by atoms with van der Waals surface area (Å²) < 4.78 is 0. The number of aromatic carboxylic acids is 1. The van der Waals surface area contributed by atoms with Gasteiger partial charge in [-0.1, -0.05) is 6.07 Å². The molecule has 1 rings (SSSR count). The summed E-state index contributed by atoms with van der Waals surface area (Å²) in [7, 11) is 1.60. The monoisotopic (exact) mass is 253 g/mol. The van der Waals surface area contributed by atoms with Crippen LogP contribution in [0.4, 0.5) is 0 Å². The zero-order valence-electron chi connectivity index (χ0n) is 9.82. The third kappa shape index (κ3) is 4.11. The summed E-state index contributed by atoms with van der Waals surface area (Å²) in [5.41, 5.74) is 1.06. The quantitative estimate of drug-likeness (QED) is 0.787. The van der Waals surface area contributed by atoms with Gasteiger partial charge in [-0.15, -0.1) is 11.8 Å². The molecular weight excluding hydrogens is 238 g/mol. The Bertz CT molecular complexity index is 432. The van der Waals surface area contributed by atoms with Crippen LogP contribution >= 0.6 is 11.8 Å². The average molecular weight is 253 g/mol. The average Bonchev–Trinajstić information content (AvgIpc) is 2.30. The van der Waals surface area contributed by atoms with E-state index in [0.717, 1.165) is 10.5 Å². The summed E-state index contributed by atoms with van der Waals surface area (Å²) in [4.78, 5) is 22.8. The van der Waals surface area contributed by atoms with Gasteiger partial charge in [0.2, 0.25) is 5.91 Å². The Hall–Kier alpha value is -1.49. The van der Waals surface area contributed by atoms with E-state index in [2.05, 4.69) is 5.32 Å². The first-order valence-electron chi connectivity index (χ1n) is 5.22. The molecule has 0 radical (unpaired) electrons. The maximum atomic E-state index is 11.0. The number of nitrogens with one attached hydrogen (secondary N) is 1. The van der Waals surface area contributed by atoms with Crippen LogP contribution < -0.4 is 5.32 Å². The van der Waals surface area contributed by atoms with Gasteiger partial charge >= 0.3 is 5.97 Å². The number of carbonyl (C=O) groups is 2. The predicted molar refractivity (Wildman–Crippen MR) is 67.5 cm³/mol. The molecule has 0 bridgehead atoms. The smallest absolute Gasteiger partial charge is 0.335 e. The lowest BCUT2D eigenvalue weighted by Gasteiger charge is -2.05. The molecule has 5 heteroatoms. The second kappa shape index (κ2) is 6.30. The van der Waals surface area contributed by atoms with E-state index in [4.69, 9.17) is 5.11 Å². The van der Waals surface area contributed by atoms with Crippen LogP contribution in [-0.4, -0.2) is 29.8 Å². The molecule has 0 saturated carbocycles. The Morgan fingerprint density at radius 3 is 2.71 bits per heavy atom. The summed E-state index contributed by atoms with van der Waals surface area (Å²) in [6.45, 7) is 1.77. The largest absolute Gasteiger partial charge is 0.478 e. The second-order valence-electron chi connectivity index (χ2n) is 3.55. The highest BCUT2D eigenvalue weighted by atomic mass is 32.2. The number of hydrogen-bond acceptors (Lipinski definition) is 3. The SMILES string of the molecule is CNC(=O)CCSc1ccc(C)c(C(=O)O)c1. The van der Waals surface area contributed by atoms with Gasteiger partial charge in [0.1, 0.15) is 0 Å². The summed E-state index contributed by atoms with van der Waals surface area (Å²) >= 11 is 1.48. The third-order valence-corrected chi connectivity index (χ3v) is 3.31. The molecule has 0 aromatic heterocycles. The highest BCUT2D eigenvalue weighted by molar-refractivity contribution is 7.99. The first kappa shape index (κ1) is 13.6. The first-order valence-corrected chi connectivity index (χ1v) is 6.20. The van der Waals surface area contributed by atoms with Gasteiger partial charge in [-0.3, -0.25) is 4.79 Å². The van der Waals surface area contributed by atoms with Crippen molar-refractivity contribution in [1.29, 1.82) is 0 Å².